The first-order valence-corrected chi connectivity index (χ1v) is 4.85. The van der Waals surface area contributed by atoms with Gasteiger partial charge in [-0.3, -0.25) is 4.79 Å². The molecule has 78 valence electrons. The van der Waals surface area contributed by atoms with Crippen LogP contribution in [0.3, 0.4) is 0 Å². The van der Waals surface area contributed by atoms with E-state index in [-0.39, 0.29) is 23.6 Å². The number of rotatable bonds is 2. The van der Waals surface area contributed by atoms with E-state index in [9.17, 15) is 4.79 Å². The molecule has 0 bridgehead atoms. The Hall–Kier alpha value is 0.210. The number of hydrogen-bond donors (Lipinski definition) is 0. The summed E-state index contributed by atoms with van der Waals surface area (Å²) in [7, 11) is 4.18. The minimum Gasteiger partial charge on any atom is -0.306 e. The van der Waals surface area contributed by atoms with Gasteiger partial charge in [0.1, 0.15) is 0 Å². The van der Waals surface area contributed by atoms with Crippen LogP contribution in [-0.2, 0) is 4.79 Å². The van der Waals surface area contributed by atoms with Crippen molar-refractivity contribution in [3.8, 4) is 0 Å². The van der Waals surface area contributed by atoms with Crippen LogP contribution in [-0.4, -0.2) is 30.3 Å². The van der Waals surface area contributed by atoms with Crippen molar-refractivity contribution in [3.63, 3.8) is 0 Å². The lowest BCUT2D eigenvalue weighted by Crippen LogP contribution is -2.33. The van der Waals surface area contributed by atoms with Gasteiger partial charge in [0.15, 0.2) is 0 Å². The highest BCUT2D eigenvalue weighted by molar-refractivity contribution is 6.63. The van der Waals surface area contributed by atoms with Gasteiger partial charge >= 0.3 is 0 Å². The van der Waals surface area contributed by atoms with Gasteiger partial charge < -0.3 is 4.90 Å². The normalized spacial score (nSPS) is 28.3. The lowest BCUT2D eigenvalue weighted by atomic mass is 9.86. The second-order valence-electron chi connectivity index (χ2n) is 3.77. The molecule has 1 aliphatic rings. The van der Waals surface area contributed by atoms with Crippen molar-refractivity contribution in [1.29, 1.82) is 0 Å². The highest BCUT2D eigenvalue weighted by Crippen LogP contribution is 2.27. The van der Waals surface area contributed by atoms with Crippen LogP contribution in [0, 0.1) is 5.92 Å². The highest BCUT2D eigenvalue weighted by Gasteiger charge is 2.25. The maximum atomic E-state index is 10.8. The van der Waals surface area contributed by atoms with Gasteiger partial charge in [-0.1, -0.05) is 0 Å². The smallest absolute Gasteiger partial charge is 0.224 e. The Bertz CT molecular complexity index is 165. The number of nitrogens with zero attached hydrogens (tertiary/aromatic N) is 1. The zero-order chi connectivity index (χ0) is 9.14. The maximum absolute atomic E-state index is 10.8. The monoisotopic (exact) mass is 225 g/mol. The van der Waals surface area contributed by atoms with Crippen LogP contribution in [0.5, 0.6) is 0 Å². The first kappa shape index (κ1) is 13.2. The Balaban J connectivity index is 0.00000144. The molecule has 1 saturated carbocycles. The third kappa shape index (κ3) is 3.84. The van der Waals surface area contributed by atoms with Crippen molar-refractivity contribution in [1.82, 2.24) is 4.90 Å². The van der Waals surface area contributed by atoms with Crippen LogP contribution in [0.4, 0.5) is 0 Å². The fraction of sp³-hybridized carbons (Fsp3) is 0.889. The highest BCUT2D eigenvalue weighted by atomic mass is 35.5. The Morgan fingerprint density at radius 2 is 1.69 bits per heavy atom. The molecule has 0 aromatic heterocycles. The molecule has 0 atom stereocenters. The molecule has 0 heterocycles. The average Bonchev–Trinajstić information content (AvgIpc) is 2.04. The third-order valence-corrected chi connectivity index (χ3v) is 3.06. The summed E-state index contributed by atoms with van der Waals surface area (Å²) in [4.78, 5) is 13.1. The summed E-state index contributed by atoms with van der Waals surface area (Å²) in [5, 5.41) is -0.146. The van der Waals surface area contributed by atoms with Crippen molar-refractivity contribution >= 4 is 29.3 Å². The molecular weight excluding hydrogens is 209 g/mol. The molecule has 2 nitrogen and oxygen atoms in total. The van der Waals surface area contributed by atoms with Gasteiger partial charge in [-0.05, 0) is 51.4 Å². The van der Waals surface area contributed by atoms with Gasteiger partial charge in [0, 0.05) is 12.0 Å². The first-order valence-electron chi connectivity index (χ1n) is 4.47. The molecular formula is C9H17Cl2NO. The Morgan fingerprint density at radius 3 is 2.00 bits per heavy atom. The van der Waals surface area contributed by atoms with Crippen LogP contribution < -0.4 is 0 Å². The molecule has 0 amide bonds. The number of carbonyl (C=O) groups excluding carboxylic acids is 1. The van der Waals surface area contributed by atoms with Crippen molar-refractivity contribution in [2.24, 2.45) is 5.92 Å². The molecule has 0 aliphatic heterocycles. The van der Waals surface area contributed by atoms with E-state index in [1.54, 1.807) is 0 Å². The van der Waals surface area contributed by atoms with Crippen molar-refractivity contribution in [2.75, 3.05) is 14.1 Å². The number of halogens is 2. The standard InChI is InChI=1S/C9H16ClNO.ClH/c1-11(2)8-5-3-7(4-6-8)9(10)12;/h7-8H,3-6H2,1-2H3;1H. The minimum atomic E-state index is -0.146. The summed E-state index contributed by atoms with van der Waals surface area (Å²) in [6, 6.07) is 0.650. The lowest BCUT2D eigenvalue weighted by molar-refractivity contribution is -0.116. The summed E-state index contributed by atoms with van der Waals surface area (Å²) < 4.78 is 0. The fourth-order valence-corrected chi connectivity index (χ4v) is 2.04. The first-order chi connectivity index (χ1) is 5.61. The number of hydrogen-bond acceptors (Lipinski definition) is 2. The summed E-state index contributed by atoms with van der Waals surface area (Å²) in [6.45, 7) is 0. The summed E-state index contributed by atoms with van der Waals surface area (Å²) in [5.41, 5.74) is 0. The van der Waals surface area contributed by atoms with Crippen molar-refractivity contribution < 1.29 is 4.79 Å². The van der Waals surface area contributed by atoms with Gasteiger partial charge in [-0.25, -0.2) is 0 Å². The van der Waals surface area contributed by atoms with Gasteiger partial charge in [-0.2, -0.15) is 0 Å². The van der Waals surface area contributed by atoms with E-state index in [1.807, 2.05) is 0 Å². The largest absolute Gasteiger partial charge is 0.306 e. The van der Waals surface area contributed by atoms with Gasteiger partial charge in [0.2, 0.25) is 5.24 Å². The summed E-state index contributed by atoms with van der Waals surface area (Å²) >= 11 is 5.43. The molecule has 1 rings (SSSR count). The van der Waals surface area contributed by atoms with Crippen LogP contribution in [0.15, 0.2) is 0 Å². The predicted molar refractivity (Wildman–Crippen MR) is 57.5 cm³/mol. The topological polar surface area (TPSA) is 20.3 Å². The van der Waals surface area contributed by atoms with Crippen molar-refractivity contribution in [2.45, 2.75) is 31.7 Å². The number of carbonyl (C=O) groups is 1. The van der Waals surface area contributed by atoms with Gasteiger partial charge in [0.05, 0.1) is 0 Å². The molecule has 0 N–H and O–H groups in total. The molecule has 13 heavy (non-hydrogen) atoms. The van der Waals surface area contributed by atoms with Gasteiger partial charge in [0.25, 0.3) is 0 Å². The van der Waals surface area contributed by atoms with E-state index >= 15 is 0 Å². The van der Waals surface area contributed by atoms with E-state index in [1.165, 1.54) is 0 Å². The molecule has 0 aromatic rings. The fourth-order valence-electron chi connectivity index (χ4n) is 1.82. The molecule has 0 radical (unpaired) electrons. The average molecular weight is 226 g/mol. The van der Waals surface area contributed by atoms with E-state index in [2.05, 4.69) is 19.0 Å². The SMILES string of the molecule is CN(C)C1CCC(C(=O)Cl)CC1.Cl. The van der Waals surface area contributed by atoms with Crippen LogP contribution in [0.2, 0.25) is 0 Å². The Kier molecular flexibility index (Phi) is 5.93. The zero-order valence-electron chi connectivity index (χ0n) is 8.12. The van der Waals surface area contributed by atoms with E-state index < -0.39 is 0 Å². The quantitative estimate of drug-likeness (QED) is 0.673. The Morgan fingerprint density at radius 1 is 1.23 bits per heavy atom. The molecule has 0 aromatic carbocycles. The van der Waals surface area contributed by atoms with Crippen molar-refractivity contribution in [3.05, 3.63) is 0 Å². The van der Waals surface area contributed by atoms with E-state index in [0.29, 0.717) is 6.04 Å². The Labute approximate surface area is 91.0 Å². The molecule has 0 saturated heterocycles. The molecule has 0 spiro atoms. The van der Waals surface area contributed by atoms with Gasteiger partial charge in [-0.15, -0.1) is 12.4 Å². The molecule has 4 heteroatoms. The van der Waals surface area contributed by atoms with E-state index in [4.69, 9.17) is 11.6 Å². The predicted octanol–water partition coefficient (Wildman–Crippen LogP) is 2.29. The minimum absolute atomic E-state index is 0. The molecule has 1 fully saturated rings. The van der Waals surface area contributed by atoms with E-state index in [0.717, 1.165) is 25.7 Å². The van der Waals surface area contributed by atoms with Crippen LogP contribution >= 0.6 is 24.0 Å². The maximum Gasteiger partial charge on any atom is 0.224 e. The summed E-state index contributed by atoms with van der Waals surface area (Å²) in [5.74, 6) is 0.128. The zero-order valence-corrected chi connectivity index (χ0v) is 9.70. The van der Waals surface area contributed by atoms with Crippen LogP contribution in [0.25, 0.3) is 0 Å². The third-order valence-electron chi connectivity index (χ3n) is 2.75. The van der Waals surface area contributed by atoms with Crippen LogP contribution in [0.1, 0.15) is 25.7 Å². The lowest BCUT2D eigenvalue weighted by Gasteiger charge is -2.30. The second kappa shape index (κ2) is 5.84. The summed E-state index contributed by atoms with van der Waals surface area (Å²) in [6.07, 6.45) is 4.14. The molecule has 0 unspecified atom stereocenters. The second-order valence-corrected chi connectivity index (χ2v) is 4.15. The molecule has 1 aliphatic carbocycles.